The van der Waals surface area contributed by atoms with Crippen LogP contribution >= 0.6 is 0 Å². The van der Waals surface area contributed by atoms with Crippen LogP contribution in [-0.2, 0) is 9.63 Å². The van der Waals surface area contributed by atoms with Gasteiger partial charge in [0.15, 0.2) is 0 Å². The highest BCUT2D eigenvalue weighted by molar-refractivity contribution is 6.05. The minimum atomic E-state index is -0.652. The van der Waals surface area contributed by atoms with Crippen LogP contribution in [0.15, 0.2) is 84.3 Å². The van der Waals surface area contributed by atoms with Gasteiger partial charge in [0.2, 0.25) is 6.10 Å². The second-order valence-electron chi connectivity index (χ2n) is 6.01. The van der Waals surface area contributed by atoms with Crippen LogP contribution in [0.4, 0.5) is 5.69 Å². The number of benzene rings is 2. The molecule has 6 heteroatoms. The molecule has 0 radical (unpaired) electrons. The Morgan fingerprint density at radius 2 is 1.78 bits per heavy atom. The molecule has 3 aromatic rings. The summed E-state index contributed by atoms with van der Waals surface area (Å²) in [5.41, 5.74) is 2.24. The van der Waals surface area contributed by atoms with Crippen molar-refractivity contribution < 1.29 is 14.4 Å². The molecule has 2 heterocycles. The van der Waals surface area contributed by atoms with Gasteiger partial charge in [0, 0.05) is 30.1 Å². The Morgan fingerprint density at radius 1 is 1.00 bits per heavy atom. The number of nitrogens with zero attached hydrogens (tertiary/aromatic N) is 2. The molecule has 1 N–H and O–H groups in total. The summed E-state index contributed by atoms with van der Waals surface area (Å²) in [5, 5.41) is 6.85. The topological polar surface area (TPSA) is 72.8 Å². The number of rotatable bonds is 5. The van der Waals surface area contributed by atoms with Crippen LogP contribution in [0.3, 0.4) is 0 Å². The fourth-order valence-corrected chi connectivity index (χ4v) is 2.68. The van der Waals surface area contributed by atoms with Crippen molar-refractivity contribution in [2.45, 2.75) is 12.5 Å². The highest BCUT2D eigenvalue weighted by Crippen LogP contribution is 2.23. The van der Waals surface area contributed by atoms with Gasteiger partial charge in [-0.3, -0.25) is 9.78 Å². The zero-order chi connectivity index (χ0) is 18.5. The van der Waals surface area contributed by atoms with E-state index in [2.05, 4.69) is 15.5 Å². The van der Waals surface area contributed by atoms with Gasteiger partial charge in [0.1, 0.15) is 11.5 Å². The summed E-state index contributed by atoms with van der Waals surface area (Å²) in [5.74, 6) is 1.21. The van der Waals surface area contributed by atoms with Crippen LogP contribution in [0.2, 0.25) is 0 Å². The highest BCUT2D eigenvalue weighted by atomic mass is 16.6. The number of amides is 1. The van der Waals surface area contributed by atoms with Crippen LogP contribution in [0, 0.1) is 0 Å². The number of pyridine rings is 1. The molecule has 27 heavy (non-hydrogen) atoms. The van der Waals surface area contributed by atoms with E-state index in [1.165, 1.54) is 0 Å². The fraction of sp³-hybridized carbons (Fsp3) is 0.0952. The Bertz CT molecular complexity index is 941. The second-order valence-corrected chi connectivity index (χ2v) is 6.01. The first-order valence-electron chi connectivity index (χ1n) is 8.55. The number of oxime groups is 1. The molecule has 1 atom stereocenters. The van der Waals surface area contributed by atoms with E-state index in [1.54, 1.807) is 36.7 Å². The number of nitrogens with one attached hydrogen (secondary N) is 1. The van der Waals surface area contributed by atoms with Crippen molar-refractivity contribution in [1.82, 2.24) is 4.98 Å². The van der Waals surface area contributed by atoms with Gasteiger partial charge in [0.25, 0.3) is 5.91 Å². The van der Waals surface area contributed by atoms with Crippen molar-refractivity contribution in [2.75, 3.05) is 5.32 Å². The molecule has 4 rings (SSSR count). The van der Waals surface area contributed by atoms with Gasteiger partial charge in [0.05, 0.1) is 5.71 Å². The molecule has 0 bridgehead atoms. The minimum absolute atomic E-state index is 0.241. The van der Waals surface area contributed by atoms with Crippen molar-refractivity contribution in [2.24, 2.45) is 5.16 Å². The summed E-state index contributed by atoms with van der Waals surface area (Å²) in [6.45, 7) is 0. The van der Waals surface area contributed by atoms with Crippen LogP contribution < -0.4 is 10.1 Å². The summed E-state index contributed by atoms with van der Waals surface area (Å²) in [6.07, 6.45) is 3.15. The molecule has 1 aliphatic rings. The SMILES string of the molecule is O=C(Nc1ccc(Oc2ccccc2)cc1)C1CC(c2cccnc2)=NO1. The lowest BCUT2D eigenvalue weighted by atomic mass is 10.1. The van der Waals surface area contributed by atoms with Gasteiger partial charge in [-0.1, -0.05) is 23.4 Å². The molecule has 0 saturated heterocycles. The van der Waals surface area contributed by atoms with E-state index in [9.17, 15) is 4.79 Å². The number of hydrogen-bond acceptors (Lipinski definition) is 5. The summed E-state index contributed by atoms with van der Waals surface area (Å²) < 4.78 is 5.74. The van der Waals surface area contributed by atoms with Crippen LogP contribution in [-0.4, -0.2) is 22.7 Å². The Balaban J connectivity index is 1.34. The van der Waals surface area contributed by atoms with E-state index in [4.69, 9.17) is 9.57 Å². The van der Waals surface area contributed by atoms with Gasteiger partial charge in [-0.2, -0.15) is 0 Å². The van der Waals surface area contributed by atoms with Gasteiger partial charge in [-0.15, -0.1) is 0 Å². The first-order chi connectivity index (χ1) is 13.3. The average Bonchev–Trinajstić information content (AvgIpc) is 3.21. The Morgan fingerprint density at radius 3 is 2.52 bits per heavy atom. The third kappa shape index (κ3) is 4.12. The maximum absolute atomic E-state index is 12.4. The molecule has 134 valence electrons. The molecule has 0 saturated carbocycles. The van der Waals surface area contributed by atoms with Gasteiger partial charge in [-0.25, -0.2) is 0 Å². The third-order valence-electron chi connectivity index (χ3n) is 4.06. The van der Waals surface area contributed by atoms with Crippen molar-refractivity contribution >= 4 is 17.3 Å². The van der Waals surface area contributed by atoms with Crippen LogP contribution in [0.25, 0.3) is 0 Å². The molecule has 0 spiro atoms. The highest BCUT2D eigenvalue weighted by Gasteiger charge is 2.29. The summed E-state index contributed by atoms with van der Waals surface area (Å²) >= 11 is 0. The van der Waals surface area contributed by atoms with Crippen molar-refractivity contribution in [1.29, 1.82) is 0 Å². The van der Waals surface area contributed by atoms with Gasteiger partial charge < -0.3 is 14.9 Å². The van der Waals surface area contributed by atoms with E-state index in [0.717, 1.165) is 17.0 Å². The standard InChI is InChI=1S/C21H17N3O3/c25-21(20-13-19(24-27-20)15-5-4-12-22-14-15)23-16-8-10-18(11-9-16)26-17-6-2-1-3-7-17/h1-12,14,20H,13H2,(H,23,25). The number of hydrogen-bond donors (Lipinski definition) is 1. The van der Waals surface area contributed by atoms with E-state index in [0.29, 0.717) is 17.9 Å². The number of anilines is 1. The van der Waals surface area contributed by atoms with Crippen molar-refractivity contribution in [3.05, 3.63) is 84.7 Å². The van der Waals surface area contributed by atoms with Gasteiger partial charge in [-0.05, 0) is 48.5 Å². The van der Waals surface area contributed by atoms with E-state index >= 15 is 0 Å². The van der Waals surface area contributed by atoms with Crippen molar-refractivity contribution in [3.63, 3.8) is 0 Å². The Labute approximate surface area is 156 Å². The maximum atomic E-state index is 12.4. The molecular formula is C21H17N3O3. The number of carbonyl (C=O) groups is 1. The molecule has 1 aromatic heterocycles. The third-order valence-corrected chi connectivity index (χ3v) is 4.06. The Hall–Kier alpha value is -3.67. The second kappa shape index (κ2) is 7.70. The molecule has 0 fully saturated rings. The van der Waals surface area contributed by atoms with Crippen LogP contribution in [0.5, 0.6) is 11.5 Å². The van der Waals surface area contributed by atoms with Crippen molar-refractivity contribution in [3.8, 4) is 11.5 Å². The zero-order valence-electron chi connectivity index (χ0n) is 14.4. The maximum Gasteiger partial charge on any atom is 0.268 e. The molecule has 2 aromatic carbocycles. The minimum Gasteiger partial charge on any atom is -0.457 e. The number of carbonyl (C=O) groups excluding carboxylic acids is 1. The average molecular weight is 359 g/mol. The lowest BCUT2D eigenvalue weighted by Crippen LogP contribution is -2.28. The van der Waals surface area contributed by atoms with E-state index < -0.39 is 6.10 Å². The lowest BCUT2D eigenvalue weighted by molar-refractivity contribution is -0.125. The quantitative estimate of drug-likeness (QED) is 0.747. The summed E-state index contributed by atoms with van der Waals surface area (Å²) in [6, 6.07) is 20.4. The molecule has 1 amide bonds. The predicted molar refractivity (Wildman–Crippen MR) is 102 cm³/mol. The smallest absolute Gasteiger partial charge is 0.268 e. The first kappa shape index (κ1) is 16.8. The molecule has 0 aliphatic carbocycles. The lowest BCUT2D eigenvalue weighted by Gasteiger charge is -2.10. The molecule has 1 aliphatic heterocycles. The first-order valence-corrected chi connectivity index (χ1v) is 8.55. The van der Waals surface area contributed by atoms with E-state index in [-0.39, 0.29) is 5.91 Å². The fourth-order valence-electron chi connectivity index (χ4n) is 2.68. The van der Waals surface area contributed by atoms with Gasteiger partial charge >= 0.3 is 0 Å². The largest absolute Gasteiger partial charge is 0.457 e. The molecule has 6 nitrogen and oxygen atoms in total. The zero-order valence-corrected chi connectivity index (χ0v) is 14.4. The monoisotopic (exact) mass is 359 g/mol. The molecule has 1 unspecified atom stereocenters. The number of aromatic nitrogens is 1. The summed E-state index contributed by atoms with van der Waals surface area (Å²) in [7, 11) is 0. The number of para-hydroxylation sites is 1. The van der Waals surface area contributed by atoms with Crippen LogP contribution in [0.1, 0.15) is 12.0 Å². The van der Waals surface area contributed by atoms with E-state index in [1.807, 2.05) is 42.5 Å². The summed E-state index contributed by atoms with van der Waals surface area (Å²) in [4.78, 5) is 21.7. The number of ether oxygens (including phenoxy) is 1. The Kier molecular flexibility index (Phi) is 4.78. The predicted octanol–water partition coefficient (Wildman–Crippen LogP) is 4.01. The molecular weight excluding hydrogens is 342 g/mol. The normalized spacial score (nSPS) is 15.6.